The van der Waals surface area contributed by atoms with Crippen LogP contribution in [0.25, 0.3) is 33.5 Å². The minimum atomic E-state index is -0.496. The van der Waals surface area contributed by atoms with E-state index in [1.54, 1.807) is 19.3 Å². The van der Waals surface area contributed by atoms with Crippen molar-refractivity contribution in [1.82, 2.24) is 29.7 Å². The summed E-state index contributed by atoms with van der Waals surface area (Å²) in [6.07, 6.45) is 4.97. The minimum absolute atomic E-state index is 0.182. The van der Waals surface area contributed by atoms with Crippen molar-refractivity contribution in [3.63, 3.8) is 0 Å². The molecule has 9 heteroatoms. The molecule has 0 aliphatic carbocycles. The number of nitrogens with zero attached hydrogens (tertiary/aromatic N) is 5. The predicted molar refractivity (Wildman–Crippen MR) is 119 cm³/mol. The van der Waals surface area contributed by atoms with Crippen molar-refractivity contribution in [3.05, 3.63) is 41.4 Å². The third-order valence-corrected chi connectivity index (χ3v) is 5.27. The van der Waals surface area contributed by atoms with E-state index in [4.69, 9.17) is 16.7 Å². The van der Waals surface area contributed by atoms with Crippen LogP contribution in [0.2, 0.25) is 5.02 Å². The van der Waals surface area contributed by atoms with E-state index in [2.05, 4.69) is 39.1 Å². The number of aromatic amines is 1. The number of rotatable bonds is 6. The number of nitrogens with one attached hydrogen (secondary N) is 2. The number of halogens is 1. The van der Waals surface area contributed by atoms with E-state index in [1.807, 2.05) is 29.9 Å². The molecule has 4 heterocycles. The molecule has 0 spiro atoms. The van der Waals surface area contributed by atoms with Gasteiger partial charge in [0.25, 0.3) is 0 Å². The predicted octanol–water partition coefficient (Wildman–Crippen LogP) is 4.22. The first kappa shape index (κ1) is 20.3. The first-order valence-electron chi connectivity index (χ1n) is 9.82. The largest absolute Gasteiger partial charge is 0.392 e. The number of H-pyrrole nitrogens is 1. The molecule has 30 heavy (non-hydrogen) atoms. The van der Waals surface area contributed by atoms with Crippen molar-refractivity contribution >= 4 is 28.6 Å². The molecule has 0 saturated carbocycles. The lowest BCUT2D eigenvalue weighted by Gasteiger charge is -2.08. The van der Waals surface area contributed by atoms with Crippen LogP contribution < -0.4 is 5.32 Å². The van der Waals surface area contributed by atoms with Crippen LogP contribution in [0.5, 0.6) is 0 Å². The van der Waals surface area contributed by atoms with E-state index < -0.39 is 6.10 Å². The summed E-state index contributed by atoms with van der Waals surface area (Å²) in [7, 11) is 0. The lowest BCUT2D eigenvalue weighted by molar-refractivity contribution is 0.208. The summed E-state index contributed by atoms with van der Waals surface area (Å²) in [5, 5.41) is 18.9. The van der Waals surface area contributed by atoms with Gasteiger partial charge in [-0.1, -0.05) is 11.6 Å². The summed E-state index contributed by atoms with van der Waals surface area (Å²) in [6, 6.07) is 4.03. The van der Waals surface area contributed by atoms with Crippen molar-refractivity contribution in [2.24, 2.45) is 0 Å². The van der Waals surface area contributed by atoms with Crippen LogP contribution in [0, 0.1) is 6.92 Å². The molecule has 1 atom stereocenters. The lowest BCUT2D eigenvalue weighted by atomic mass is 10.1. The fourth-order valence-corrected chi connectivity index (χ4v) is 3.38. The fraction of sp³-hybridized carbons (Fsp3) is 0.333. The molecule has 0 fully saturated rings. The second-order valence-electron chi connectivity index (χ2n) is 7.64. The molecule has 0 bridgehead atoms. The van der Waals surface area contributed by atoms with Crippen LogP contribution in [0.3, 0.4) is 0 Å². The van der Waals surface area contributed by atoms with Crippen LogP contribution in [-0.2, 0) is 0 Å². The number of aromatic nitrogens is 6. The lowest BCUT2D eigenvalue weighted by Crippen LogP contribution is -2.16. The molecule has 156 valence electrons. The molecule has 4 rings (SSSR count). The van der Waals surface area contributed by atoms with Gasteiger partial charge in [-0.05, 0) is 39.8 Å². The summed E-state index contributed by atoms with van der Waals surface area (Å²) < 4.78 is 1.91. The number of aliphatic hydroxyl groups is 1. The second-order valence-corrected chi connectivity index (χ2v) is 8.02. The molecule has 8 nitrogen and oxygen atoms in total. The zero-order chi connectivity index (χ0) is 21.4. The van der Waals surface area contributed by atoms with Crippen LogP contribution in [-0.4, -0.2) is 47.5 Å². The van der Waals surface area contributed by atoms with Gasteiger partial charge in [0.2, 0.25) is 5.95 Å². The second kappa shape index (κ2) is 8.04. The molecule has 0 radical (unpaired) electrons. The van der Waals surface area contributed by atoms with E-state index >= 15 is 0 Å². The molecule has 0 amide bonds. The zero-order valence-corrected chi connectivity index (χ0v) is 18.1. The molecule has 0 aliphatic heterocycles. The molecular formula is C21H24ClN7O. The maximum atomic E-state index is 9.52. The molecule has 4 aromatic heterocycles. The number of aliphatic hydroxyl groups excluding tert-OH is 1. The number of aryl methyl sites for hydroxylation is 1. The third-order valence-electron chi connectivity index (χ3n) is 4.78. The van der Waals surface area contributed by atoms with Gasteiger partial charge in [-0.2, -0.15) is 5.10 Å². The maximum Gasteiger partial charge on any atom is 0.223 e. The molecule has 0 unspecified atom stereocenters. The zero-order valence-electron chi connectivity index (χ0n) is 17.3. The van der Waals surface area contributed by atoms with Gasteiger partial charge in [-0.3, -0.25) is 4.68 Å². The Hall–Kier alpha value is -2.97. The van der Waals surface area contributed by atoms with E-state index in [1.165, 1.54) is 0 Å². The highest BCUT2D eigenvalue weighted by atomic mass is 35.5. The number of hydrogen-bond donors (Lipinski definition) is 3. The Morgan fingerprint density at radius 3 is 2.80 bits per heavy atom. The summed E-state index contributed by atoms with van der Waals surface area (Å²) in [5.74, 6) is 0.453. The van der Waals surface area contributed by atoms with Gasteiger partial charge in [-0.25, -0.2) is 15.0 Å². The van der Waals surface area contributed by atoms with Crippen molar-refractivity contribution in [1.29, 1.82) is 0 Å². The quantitative estimate of drug-likeness (QED) is 0.427. The third kappa shape index (κ3) is 3.88. The Balaban J connectivity index is 1.82. The maximum absolute atomic E-state index is 9.52. The Morgan fingerprint density at radius 1 is 1.27 bits per heavy atom. The minimum Gasteiger partial charge on any atom is -0.392 e. The summed E-state index contributed by atoms with van der Waals surface area (Å²) in [5.41, 5.74) is 4.86. The van der Waals surface area contributed by atoms with E-state index in [0.29, 0.717) is 17.5 Å². The first-order valence-corrected chi connectivity index (χ1v) is 10.2. The topological polar surface area (TPSA) is 105 Å². The molecule has 0 aliphatic rings. The van der Waals surface area contributed by atoms with Crippen molar-refractivity contribution < 1.29 is 5.11 Å². The standard InChI is InChI=1S/C21H24ClN7O/c1-11(2)29-10-16(17-5-6-23-21(27-17)25-8-12(3)30)19(28-29)14-7-15-18(22)13(4)26-20(15)24-9-14/h5-7,9-12,30H,8H2,1-4H3,(H,24,26)(H,23,25,27)/t12-/m0/s1. The Labute approximate surface area is 179 Å². The first-order chi connectivity index (χ1) is 14.3. The summed E-state index contributed by atoms with van der Waals surface area (Å²) in [6.45, 7) is 8.14. The van der Waals surface area contributed by atoms with E-state index in [-0.39, 0.29) is 6.04 Å². The van der Waals surface area contributed by atoms with Crippen LogP contribution in [0.4, 0.5) is 5.95 Å². The number of hydrogen-bond acceptors (Lipinski definition) is 6. The molecule has 4 aromatic rings. The Kier molecular flexibility index (Phi) is 5.44. The van der Waals surface area contributed by atoms with E-state index in [9.17, 15) is 5.11 Å². The number of anilines is 1. The van der Waals surface area contributed by atoms with Crippen molar-refractivity contribution in [3.8, 4) is 22.5 Å². The van der Waals surface area contributed by atoms with E-state index in [0.717, 1.165) is 39.2 Å². The summed E-state index contributed by atoms with van der Waals surface area (Å²) >= 11 is 6.45. The monoisotopic (exact) mass is 425 g/mol. The molecule has 3 N–H and O–H groups in total. The van der Waals surface area contributed by atoms with Gasteiger partial charge < -0.3 is 15.4 Å². The average Bonchev–Trinajstić information content (AvgIpc) is 3.29. The van der Waals surface area contributed by atoms with Gasteiger partial charge in [0.05, 0.1) is 16.8 Å². The number of pyridine rings is 1. The average molecular weight is 426 g/mol. The van der Waals surface area contributed by atoms with Gasteiger partial charge in [-0.15, -0.1) is 0 Å². The number of fused-ring (bicyclic) bond motifs is 1. The normalized spacial score (nSPS) is 12.6. The van der Waals surface area contributed by atoms with Crippen LogP contribution in [0.15, 0.2) is 30.7 Å². The fourth-order valence-electron chi connectivity index (χ4n) is 3.19. The highest BCUT2D eigenvalue weighted by Crippen LogP contribution is 2.34. The van der Waals surface area contributed by atoms with Crippen LogP contribution in [0.1, 0.15) is 32.5 Å². The SMILES string of the molecule is Cc1[nH]c2ncc(-c3nn(C(C)C)cc3-c3ccnc(NC[C@H](C)O)n3)cc2c1Cl. The Bertz CT molecular complexity index is 1200. The molecule has 0 saturated heterocycles. The summed E-state index contributed by atoms with van der Waals surface area (Å²) in [4.78, 5) is 16.6. The van der Waals surface area contributed by atoms with Gasteiger partial charge in [0, 0.05) is 53.4 Å². The van der Waals surface area contributed by atoms with Gasteiger partial charge >= 0.3 is 0 Å². The van der Waals surface area contributed by atoms with Crippen molar-refractivity contribution in [2.45, 2.75) is 39.8 Å². The smallest absolute Gasteiger partial charge is 0.223 e. The molecule has 0 aromatic carbocycles. The van der Waals surface area contributed by atoms with Crippen LogP contribution >= 0.6 is 11.6 Å². The van der Waals surface area contributed by atoms with Crippen molar-refractivity contribution in [2.75, 3.05) is 11.9 Å². The van der Waals surface area contributed by atoms with Gasteiger partial charge in [0.15, 0.2) is 0 Å². The highest BCUT2D eigenvalue weighted by Gasteiger charge is 2.18. The highest BCUT2D eigenvalue weighted by molar-refractivity contribution is 6.36. The Morgan fingerprint density at radius 2 is 2.07 bits per heavy atom. The molecular weight excluding hydrogens is 402 g/mol. The van der Waals surface area contributed by atoms with Gasteiger partial charge in [0.1, 0.15) is 11.3 Å².